The number of hydrogen-bond acceptors (Lipinski definition) is 6. The number of anilines is 1. The minimum Gasteiger partial charge on any atom is -0.352 e. The van der Waals surface area contributed by atoms with Gasteiger partial charge in [-0.25, -0.2) is 9.97 Å². The summed E-state index contributed by atoms with van der Waals surface area (Å²) < 4.78 is 0. The first-order chi connectivity index (χ1) is 12.7. The highest BCUT2D eigenvalue weighted by Crippen LogP contribution is 2.46. The van der Waals surface area contributed by atoms with Gasteiger partial charge in [-0.15, -0.1) is 11.3 Å². The Morgan fingerprint density at radius 3 is 2.92 bits per heavy atom. The minimum atomic E-state index is -0.111. The number of aromatic amines is 1. The Balaban J connectivity index is 1.42. The van der Waals surface area contributed by atoms with Crippen molar-refractivity contribution in [2.45, 2.75) is 18.4 Å². The van der Waals surface area contributed by atoms with Crippen molar-refractivity contribution >= 4 is 34.1 Å². The van der Waals surface area contributed by atoms with Gasteiger partial charge in [0.25, 0.3) is 5.91 Å². The average molecular weight is 364 g/mol. The Morgan fingerprint density at radius 2 is 2.15 bits per heavy atom. The molecular formula is C18H16N6OS. The molecular weight excluding hydrogens is 348 g/mol. The third kappa shape index (κ3) is 2.28. The highest BCUT2D eigenvalue weighted by Gasteiger charge is 2.53. The summed E-state index contributed by atoms with van der Waals surface area (Å²) in [5.74, 6) is 0.973. The zero-order valence-corrected chi connectivity index (χ0v) is 14.8. The monoisotopic (exact) mass is 364 g/mol. The van der Waals surface area contributed by atoms with Crippen LogP contribution in [0, 0.1) is 11.3 Å². The van der Waals surface area contributed by atoms with Gasteiger partial charge in [-0.2, -0.15) is 5.26 Å². The van der Waals surface area contributed by atoms with Crippen molar-refractivity contribution in [3.05, 3.63) is 40.5 Å². The molecule has 0 radical (unpaired) electrons. The van der Waals surface area contributed by atoms with E-state index in [1.165, 1.54) is 11.3 Å². The highest BCUT2D eigenvalue weighted by atomic mass is 32.1. The molecule has 26 heavy (non-hydrogen) atoms. The molecule has 0 aromatic carbocycles. The van der Waals surface area contributed by atoms with Crippen LogP contribution in [0.3, 0.4) is 0 Å². The number of aromatic nitrogens is 3. The molecule has 2 fully saturated rings. The number of carbonyl (C=O) groups is 1. The Hall–Kier alpha value is -2.92. The lowest BCUT2D eigenvalue weighted by Crippen LogP contribution is -2.57. The lowest BCUT2D eigenvalue weighted by atomic mass is 10.1. The standard InChI is InChI=1S/C18H16N6OS/c19-9-12-1-2-14(26-12)17(25)24-8-7-23(10-18(24)4-5-18)16-13-3-6-20-15(13)21-11-22-16/h1-3,6,11H,4-5,7-8,10H2,(H,20,21,22). The second-order valence-corrected chi connectivity index (χ2v) is 7.90. The minimum absolute atomic E-state index is 0.0446. The van der Waals surface area contributed by atoms with Gasteiger partial charge in [-0.05, 0) is 31.0 Å². The molecule has 1 saturated carbocycles. The van der Waals surface area contributed by atoms with Gasteiger partial charge in [0.15, 0.2) is 0 Å². The summed E-state index contributed by atoms with van der Waals surface area (Å²) in [6.45, 7) is 2.18. The maximum Gasteiger partial charge on any atom is 0.264 e. The second-order valence-electron chi connectivity index (χ2n) is 6.82. The van der Waals surface area contributed by atoms with Crippen LogP contribution < -0.4 is 4.90 Å². The van der Waals surface area contributed by atoms with E-state index in [4.69, 9.17) is 5.26 Å². The van der Waals surface area contributed by atoms with E-state index in [1.807, 2.05) is 17.2 Å². The van der Waals surface area contributed by atoms with Crippen molar-refractivity contribution in [3.8, 4) is 6.07 Å². The van der Waals surface area contributed by atoms with Crippen molar-refractivity contribution in [2.75, 3.05) is 24.5 Å². The molecule has 1 N–H and O–H groups in total. The topological polar surface area (TPSA) is 88.9 Å². The van der Waals surface area contributed by atoms with Gasteiger partial charge < -0.3 is 14.8 Å². The first-order valence-corrected chi connectivity index (χ1v) is 9.37. The first-order valence-electron chi connectivity index (χ1n) is 8.55. The first kappa shape index (κ1) is 15.3. The smallest absolute Gasteiger partial charge is 0.264 e. The lowest BCUT2D eigenvalue weighted by Gasteiger charge is -2.42. The molecule has 1 spiro atoms. The van der Waals surface area contributed by atoms with Crippen molar-refractivity contribution in [1.82, 2.24) is 19.9 Å². The summed E-state index contributed by atoms with van der Waals surface area (Å²) in [6, 6.07) is 7.59. The number of H-pyrrole nitrogens is 1. The molecule has 5 rings (SSSR count). The van der Waals surface area contributed by atoms with Crippen LogP contribution in [-0.2, 0) is 0 Å². The Kier molecular flexibility index (Phi) is 3.27. The predicted molar refractivity (Wildman–Crippen MR) is 98.1 cm³/mol. The molecule has 4 heterocycles. The number of nitriles is 1. The summed E-state index contributed by atoms with van der Waals surface area (Å²) in [4.78, 5) is 30.4. The summed E-state index contributed by atoms with van der Waals surface area (Å²) in [6.07, 6.45) is 5.47. The zero-order valence-electron chi connectivity index (χ0n) is 14.0. The van der Waals surface area contributed by atoms with E-state index >= 15 is 0 Å². The fourth-order valence-electron chi connectivity index (χ4n) is 3.80. The van der Waals surface area contributed by atoms with E-state index < -0.39 is 0 Å². The molecule has 0 unspecified atom stereocenters. The Bertz CT molecular complexity index is 1040. The third-order valence-corrected chi connectivity index (χ3v) is 6.26. The van der Waals surface area contributed by atoms with E-state index in [1.54, 1.807) is 18.5 Å². The van der Waals surface area contributed by atoms with Gasteiger partial charge in [0.05, 0.1) is 15.8 Å². The third-order valence-electron chi connectivity index (χ3n) is 5.28. The molecule has 3 aromatic heterocycles. The van der Waals surface area contributed by atoms with E-state index in [9.17, 15) is 4.79 Å². The van der Waals surface area contributed by atoms with Gasteiger partial charge in [0, 0.05) is 25.8 Å². The molecule has 0 bridgehead atoms. The van der Waals surface area contributed by atoms with Crippen LogP contribution in [0.4, 0.5) is 5.82 Å². The number of hydrogen-bond donors (Lipinski definition) is 1. The molecule has 2 aliphatic rings. The van der Waals surface area contributed by atoms with Crippen molar-refractivity contribution in [1.29, 1.82) is 5.26 Å². The van der Waals surface area contributed by atoms with Crippen molar-refractivity contribution < 1.29 is 4.79 Å². The number of nitrogens with zero attached hydrogens (tertiary/aromatic N) is 5. The van der Waals surface area contributed by atoms with Gasteiger partial charge in [0.2, 0.25) is 0 Å². The fraction of sp³-hybridized carbons (Fsp3) is 0.333. The van der Waals surface area contributed by atoms with Gasteiger partial charge in [-0.1, -0.05) is 0 Å². The van der Waals surface area contributed by atoms with Crippen LogP contribution in [0.15, 0.2) is 30.7 Å². The van der Waals surface area contributed by atoms with Crippen LogP contribution in [0.25, 0.3) is 11.0 Å². The quantitative estimate of drug-likeness (QED) is 0.754. The van der Waals surface area contributed by atoms with Crippen LogP contribution >= 0.6 is 11.3 Å². The van der Waals surface area contributed by atoms with Crippen LogP contribution in [0.2, 0.25) is 0 Å². The number of piperazine rings is 1. The van der Waals surface area contributed by atoms with Gasteiger partial charge >= 0.3 is 0 Å². The molecule has 1 amide bonds. The van der Waals surface area contributed by atoms with Crippen molar-refractivity contribution in [2.24, 2.45) is 0 Å². The fourth-order valence-corrected chi connectivity index (χ4v) is 4.56. The SMILES string of the molecule is N#Cc1ccc(C(=O)N2CCN(c3ncnc4[nH]ccc34)CC23CC3)s1. The highest BCUT2D eigenvalue weighted by molar-refractivity contribution is 7.14. The molecule has 0 atom stereocenters. The molecule has 3 aromatic rings. The summed E-state index contributed by atoms with van der Waals surface area (Å²) in [5.41, 5.74) is 0.723. The maximum absolute atomic E-state index is 13.0. The molecule has 7 nitrogen and oxygen atoms in total. The van der Waals surface area contributed by atoms with Crippen LogP contribution in [0.5, 0.6) is 0 Å². The molecule has 130 valence electrons. The van der Waals surface area contributed by atoms with E-state index in [0.29, 0.717) is 16.3 Å². The van der Waals surface area contributed by atoms with E-state index in [0.717, 1.165) is 42.8 Å². The van der Waals surface area contributed by atoms with Crippen molar-refractivity contribution in [3.63, 3.8) is 0 Å². The lowest BCUT2D eigenvalue weighted by molar-refractivity contribution is 0.0629. The van der Waals surface area contributed by atoms with E-state index in [-0.39, 0.29) is 11.4 Å². The molecule has 8 heteroatoms. The Morgan fingerprint density at radius 1 is 1.27 bits per heavy atom. The largest absolute Gasteiger partial charge is 0.352 e. The summed E-state index contributed by atoms with van der Waals surface area (Å²) >= 11 is 1.27. The normalized spacial score (nSPS) is 18.3. The molecule has 1 aliphatic heterocycles. The zero-order chi connectivity index (χ0) is 17.7. The predicted octanol–water partition coefficient (Wildman–Crippen LogP) is 2.39. The number of rotatable bonds is 2. The average Bonchev–Trinajstić information content (AvgIpc) is 3.11. The van der Waals surface area contributed by atoms with Crippen LogP contribution in [-0.4, -0.2) is 50.9 Å². The number of carbonyl (C=O) groups excluding carboxylic acids is 1. The van der Waals surface area contributed by atoms with Gasteiger partial charge in [-0.3, -0.25) is 4.79 Å². The van der Waals surface area contributed by atoms with E-state index in [2.05, 4.69) is 25.9 Å². The summed E-state index contributed by atoms with van der Waals surface area (Å²) in [5, 5.41) is 10.0. The molecule has 1 saturated heterocycles. The number of fused-ring (bicyclic) bond motifs is 1. The summed E-state index contributed by atoms with van der Waals surface area (Å²) in [7, 11) is 0. The second kappa shape index (κ2) is 5.54. The van der Waals surface area contributed by atoms with Crippen LogP contribution in [0.1, 0.15) is 27.4 Å². The number of amides is 1. The van der Waals surface area contributed by atoms with Gasteiger partial charge in [0.1, 0.15) is 28.7 Å². The number of nitrogens with one attached hydrogen (secondary N) is 1. The number of thiophene rings is 1. The Labute approximate surface area is 153 Å². The molecule has 1 aliphatic carbocycles. The maximum atomic E-state index is 13.0.